The predicted molar refractivity (Wildman–Crippen MR) is 83.5 cm³/mol. The van der Waals surface area contributed by atoms with Crippen LogP contribution in [0.15, 0.2) is 24.3 Å². The molecule has 0 saturated carbocycles. The minimum atomic E-state index is -0.407. The lowest BCUT2D eigenvalue weighted by atomic mass is 10.0. The van der Waals surface area contributed by atoms with E-state index >= 15 is 0 Å². The van der Waals surface area contributed by atoms with Gasteiger partial charge in [0, 0.05) is 17.1 Å². The molecule has 0 spiro atoms. The van der Waals surface area contributed by atoms with Gasteiger partial charge in [0.15, 0.2) is 10.9 Å². The number of ketones is 1. The molecule has 0 unspecified atom stereocenters. The average molecular weight is 322 g/mol. The van der Waals surface area contributed by atoms with Crippen LogP contribution in [0.3, 0.4) is 0 Å². The normalized spacial score (nSPS) is 13.7. The van der Waals surface area contributed by atoms with Crippen molar-refractivity contribution in [3.05, 3.63) is 39.9 Å². The van der Waals surface area contributed by atoms with Gasteiger partial charge in [0.05, 0.1) is 10.6 Å². The second-order valence-electron chi connectivity index (χ2n) is 4.66. The van der Waals surface area contributed by atoms with Crippen LogP contribution in [-0.2, 0) is 6.42 Å². The fourth-order valence-electron chi connectivity index (χ4n) is 2.15. The van der Waals surface area contributed by atoms with Crippen molar-refractivity contribution in [3.8, 4) is 0 Å². The number of rotatable bonds is 2. The fraction of sp³-hybridized carbons (Fsp3) is 0.214. The van der Waals surface area contributed by atoms with Crippen molar-refractivity contribution in [3.63, 3.8) is 0 Å². The Bertz CT molecular complexity index is 714. The van der Waals surface area contributed by atoms with Crippen molar-refractivity contribution in [1.29, 1.82) is 0 Å². The number of hydrogen-bond donors (Lipinski definition) is 2. The van der Waals surface area contributed by atoms with E-state index in [0.717, 1.165) is 18.5 Å². The van der Waals surface area contributed by atoms with Gasteiger partial charge >= 0.3 is 6.03 Å². The summed E-state index contributed by atoms with van der Waals surface area (Å²) in [4.78, 5) is 28.6. The topological polar surface area (TPSA) is 71.1 Å². The number of halogens is 1. The molecule has 5 nitrogen and oxygen atoms in total. The number of aryl methyl sites for hydroxylation is 1. The van der Waals surface area contributed by atoms with Crippen molar-refractivity contribution in [2.24, 2.45) is 0 Å². The largest absolute Gasteiger partial charge is 0.325 e. The Balaban J connectivity index is 1.69. The molecule has 0 aliphatic heterocycles. The Morgan fingerprint density at radius 3 is 2.90 bits per heavy atom. The number of urea groups is 1. The highest BCUT2D eigenvalue weighted by molar-refractivity contribution is 7.17. The number of hydrogen-bond acceptors (Lipinski definition) is 4. The summed E-state index contributed by atoms with van der Waals surface area (Å²) >= 11 is 7.08. The molecule has 7 heteroatoms. The molecule has 1 heterocycles. The van der Waals surface area contributed by atoms with E-state index in [1.165, 1.54) is 11.3 Å². The molecule has 0 bridgehead atoms. The van der Waals surface area contributed by atoms with Gasteiger partial charge in [-0.3, -0.25) is 10.1 Å². The predicted octanol–water partition coefficient (Wildman–Crippen LogP) is 3.96. The van der Waals surface area contributed by atoms with Crippen LogP contribution in [0.5, 0.6) is 0 Å². The third kappa shape index (κ3) is 3.22. The molecular formula is C14H12ClN3O2S. The van der Waals surface area contributed by atoms with Crippen LogP contribution in [0.1, 0.15) is 28.2 Å². The highest BCUT2D eigenvalue weighted by atomic mass is 35.5. The number of benzene rings is 1. The molecule has 1 aliphatic rings. The molecule has 1 aliphatic carbocycles. The van der Waals surface area contributed by atoms with Gasteiger partial charge in [-0.25, -0.2) is 9.78 Å². The molecule has 1 aromatic carbocycles. The molecule has 21 heavy (non-hydrogen) atoms. The molecule has 0 saturated heterocycles. The summed E-state index contributed by atoms with van der Waals surface area (Å²) in [6, 6.07) is 6.46. The van der Waals surface area contributed by atoms with Gasteiger partial charge in [-0.15, -0.1) is 0 Å². The zero-order chi connectivity index (χ0) is 14.8. The van der Waals surface area contributed by atoms with Gasteiger partial charge in [0.25, 0.3) is 0 Å². The van der Waals surface area contributed by atoms with Crippen LogP contribution >= 0.6 is 22.9 Å². The van der Waals surface area contributed by atoms with E-state index in [1.807, 2.05) is 0 Å². The van der Waals surface area contributed by atoms with Crippen LogP contribution < -0.4 is 10.6 Å². The molecule has 2 N–H and O–H groups in total. The summed E-state index contributed by atoms with van der Waals surface area (Å²) in [5, 5.41) is 6.30. The van der Waals surface area contributed by atoms with Crippen molar-refractivity contribution in [2.45, 2.75) is 19.3 Å². The average Bonchev–Trinajstić information content (AvgIpc) is 2.82. The molecule has 2 aromatic rings. The minimum absolute atomic E-state index is 0.108. The zero-order valence-corrected chi connectivity index (χ0v) is 12.6. The van der Waals surface area contributed by atoms with Crippen LogP contribution in [0, 0.1) is 0 Å². The van der Waals surface area contributed by atoms with Gasteiger partial charge in [-0.05, 0) is 31.0 Å². The van der Waals surface area contributed by atoms with Gasteiger partial charge in [0.2, 0.25) is 0 Å². The number of carbonyl (C=O) groups excluding carboxylic acids is 2. The molecule has 0 fully saturated rings. The van der Waals surface area contributed by atoms with E-state index in [9.17, 15) is 9.59 Å². The standard InChI is InChI=1S/C14H12ClN3O2S/c15-8-3-1-4-9(7-8)16-13(20)18-14-17-10-5-2-6-11(19)12(10)21-14/h1,3-4,7H,2,5-6H2,(H2,16,17,18,20). The van der Waals surface area contributed by atoms with Gasteiger partial charge in [-0.1, -0.05) is 29.0 Å². The number of anilines is 2. The van der Waals surface area contributed by atoms with Gasteiger partial charge in [0.1, 0.15) is 0 Å². The number of nitrogens with zero attached hydrogens (tertiary/aromatic N) is 1. The van der Waals surface area contributed by atoms with Crippen LogP contribution in [0.25, 0.3) is 0 Å². The number of Topliss-reactive ketones (excluding diaryl/α,β-unsaturated/α-hetero) is 1. The quantitative estimate of drug-likeness (QED) is 0.879. The molecule has 0 radical (unpaired) electrons. The number of amides is 2. The molecule has 2 amide bonds. The lowest BCUT2D eigenvalue weighted by Gasteiger charge is -2.06. The highest BCUT2D eigenvalue weighted by Crippen LogP contribution is 2.29. The minimum Gasteiger partial charge on any atom is -0.308 e. The maximum Gasteiger partial charge on any atom is 0.325 e. The Labute approximate surface area is 130 Å². The van der Waals surface area contributed by atoms with Crippen LogP contribution in [0.4, 0.5) is 15.6 Å². The third-order valence-corrected chi connectivity index (χ3v) is 4.36. The highest BCUT2D eigenvalue weighted by Gasteiger charge is 2.22. The zero-order valence-electron chi connectivity index (χ0n) is 11.0. The summed E-state index contributed by atoms with van der Waals surface area (Å²) in [5.41, 5.74) is 1.38. The Hall–Kier alpha value is -1.92. The fourth-order valence-corrected chi connectivity index (χ4v) is 3.31. The van der Waals surface area contributed by atoms with Crippen molar-refractivity contribution in [2.75, 3.05) is 10.6 Å². The summed E-state index contributed by atoms with van der Waals surface area (Å²) < 4.78 is 0. The van der Waals surface area contributed by atoms with Gasteiger partial charge in [-0.2, -0.15) is 0 Å². The van der Waals surface area contributed by atoms with Gasteiger partial charge < -0.3 is 5.32 Å². The van der Waals surface area contributed by atoms with E-state index in [0.29, 0.717) is 27.1 Å². The molecule has 3 rings (SSSR count). The maximum absolute atomic E-state index is 11.9. The number of fused-ring (bicyclic) bond motifs is 1. The smallest absolute Gasteiger partial charge is 0.308 e. The monoisotopic (exact) mass is 321 g/mol. The lowest BCUT2D eigenvalue weighted by molar-refractivity contribution is 0.0976. The van der Waals surface area contributed by atoms with E-state index in [2.05, 4.69) is 15.6 Å². The second kappa shape index (κ2) is 5.83. The first-order valence-corrected chi connectivity index (χ1v) is 7.68. The van der Waals surface area contributed by atoms with E-state index in [4.69, 9.17) is 11.6 Å². The molecule has 0 atom stereocenters. The summed E-state index contributed by atoms with van der Waals surface area (Å²) in [7, 11) is 0. The number of nitrogens with one attached hydrogen (secondary N) is 2. The van der Waals surface area contributed by atoms with Crippen molar-refractivity contribution < 1.29 is 9.59 Å². The first-order chi connectivity index (χ1) is 10.1. The lowest BCUT2D eigenvalue weighted by Crippen LogP contribution is -2.19. The maximum atomic E-state index is 11.9. The number of thiazole rings is 1. The van der Waals surface area contributed by atoms with Crippen LogP contribution in [0.2, 0.25) is 5.02 Å². The van der Waals surface area contributed by atoms with E-state index in [-0.39, 0.29) is 5.78 Å². The SMILES string of the molecule is O=C(Nc1cccc(Cl)c1)Nc1nc2c(s1)C(=O)CCC2. The third-order valence-electron chi connectivity index (χ3n) is 3.07. The van der Waals surface area contributed by atoms with Crippen LogP contribution in [-0.4, -0.2) is 16.8 Å². The first-order valence-electron chi connectivity index (χ1n) is 6.48. The van der Waals surface area contributed by atoms with Crippen molar-refractivity contribution >= 4 is 45.6 Å². The van der Waals surface area contributed by atoms with E-state index < -0.39 is 6.03 Å². The van der Waals surface area contributed by atoms with E-state index in [1.54, 1.807) is 24.3 Å². The van der Waals surface area contributed by atoms with Crippen molar-refractivity contribution in [1.82, 2.24) is 4.98 Å². The Morgan fingerprint density at radius 1 is 1.29 bits per heavy atom. The summed E-state index contributed by atoms with van der Waals surface area (Å²) in [6.45, 7) is 0. The number of aromatic nitrogens is 1. The molecular weight excluding hydrogens is 310 g/mol. The Morgan fingerprint density at radius 2 is 2.14 bits per heavy atom. The summed E-state index contributed by atoms with van der Waals surface area (Å²) in [5.74, 6) is 0.108. The Kier molecular flexibility index (Phi) is 3.90. The summed E-state index contributed by atoms with van der Waals surface area (Å²) in [6.07, 6.45) is 2.17. The number of carbonyl (C=O) groups is 2. The first kappa shape index (κ1) is 14.0. The molecule has 108 valence electrons. The second-order valence-corrected chi connectivity index (χ2v) is 6.10. The molecule has 1 aromatic heterocycles.